The predicted molar refractivity (Wildman–Crippen MR) is 106 cm³/mol. The maximum atomic E-state index is 12.4. The zero-order valence-electron chi connectivity index (χ0n) is 15.7. The van der Waals surface area contributed by atoms with Gasteiger partial charge in [-0.2, -0.15) is 17.0 Å². The minimum Gasteiger partial charge on any atom is -0.369 e. The third-order valence-electron chi connectivity index (χ3n) is 4.48. The quantitative estimate of drug-likeness (QED) is 0.761. The van der Waals surface area contributed by atoms with Crippen molar-refractivity contribution < 1.29 is 13.2 Å². The van der Waals surface area contributed by atoms with Gasteiger partial charge >= 0.3 is 0 Å². The van der Waals surface area contributed by atoms with E-state index in [0.717, 1.165) is 28.9 Å². The summed E-state index contributed by atoms with van der Waals surface area (Å²) >= 11 is 6.08. The Morgan fingerprint density at radius 3 is 2.74 bits per heavy atom. The minimum atomic E-state index is -3.47. The third kappa shape index (κ3) is 4.86. The van der Waals surface area contributed by atoms with Gasteiger partial charge in [-0.25, -0.2) is 0 Å². The van der Waals surface area contributed by atoms with E-state index in [0.29, 0.717) is 18.2 Å². The zero-order valence-corrected chi connectivity index (χ0v) is 17.3. The van der Waals surface area contributed by atoms with E-state index in [1.165, 1.54) is 22.7 Å². The molecule has 0 aliphatic carbocycles. The molecule has 0 radical (unpaired) electrons. The fourth-order valence-corrected chi connectivity index (χ4v) is 4.47. The number of pyridine rings is 1. The second-order valence-corrected chi connectivity index (χ2v) is 9.43. The first-order valence-corrected chi connectivity index (χ1v) is 10.5. The van der Waals surface area contributed by atoms with Crippen molar-refractivity contribution in [3.05, 3.63) is 63.9 Å². The number of rotatable bonds is 5. The number of morpholine rings is 1. The molecule has 1 aliphatic heterocycles. The average Bonchev–Trinajstić information content (AvgIpc) is 2.61. The smallest absolute Gasteiger partial charge is 0.281 e. The summed E-state index contributed by atoms with van der Waals surface area (Å²) in [6.45, 7) is 2.88. The minimum absolute atomic E-state index is 0.258. The summed E-state index contributed by atoms with van der Waals surface area (Å²) in [5.41, 5.74) is 3.84. The molecule has 1 unspecified atom stereocenters. The largest absolute Gasteiger partial charge is 0.369 e. The molecule has 0 saturated carbocycles. The van der Waals surface area contributed by atoms with Crippen LogP contribution in [-0.4, -0.2) is 55.8 Å². The molecular weight excluding hydrogens is 386 g/mol. The van der Waals surface area contributed by atoms with Crippen LogP contribution in [0.5, 0.6) is 0 Å². The highest BCUT2D eigenvalue weighted by atomic mass is 35.5. The van der Waals surface area contributed by atoms with Crippen LogP contribution in [0.2, 0.25) is 5.02 Å². The molecule has 8 heteroatoms. The highest BCUT2D eigenvalue weighted by molar-refractivity contribution is 7.86. The van der Waals surface area contributed by atoms with Crippen molar-refractivity contribution >= 4 is 21.8 Å². The van der Waals surface area contributed by atoms with Gasteiger partial charge in [-0.1, -0.05) is 23.7 Å². The lowest BCUT2D eigenvalue weighted by atomic mass is 10.0. The number of hydrogen-bond acceptors (Lipinski definition) is 4. The number of aryl methyl sites for hydroxylation is 1. The van der Waals surface area contributed by atoms with Crippen molar-refractivity contribution in [2.75, 3.05) is 33.8 Å². The summed E-state index contributed by atoms with van der Waals surface area (Å²) in [5, 5.41) is 0.707. The summed E-state index contributed by atoms with van der Waals surface area (Å²) in [7, 11) is -0.399. The number of nitrogens with zero attached hydrogens (tertiary/aromatic N) is 3. The van der Waals surface area contributed by atoms with E-state index < -0.39 is 10.2 Å². The molecule has 1 saturated heterocycles. The van der Waals surface area contributed by atoms with Gasteiger partial charge in [0.1, 0.15) is 6.10 Å². The third-order valence-corrected chi connectivity index (χ3v) is 6.62. The van der Waals surface area contributed by atoms with Crippen LogP contribution in [-0.2, 0) is 21.4 Å². The van der Waals surface area contributed by atoms with Crippen molar-refractivity contribution in [3.8, 4) is 0 Å². The predicted octanol–water partition coefficient (Wildman–Crippen LogP) is 2.81. The van der Waals surface area contributed by atoms with Gasteiger partial charge in [0.05, 0.1) is 12.3 Å². The van der Waals surface area contributed by atoms with Crippen LogP contribution < -0.4 is 0 Å². The Morgan fingerprint density at radius 2 is 2.04 bits per heavy atom. The molecule has 1 aromatic heterocycles. The Kier molecular flexibility index (Phi) is 6.18. The molecule has 0 N–H and O–H groups in total. The van der Waals surface area contributed by atoms with Gasteiger partial charge in [-0.15, -0.1) is 0 Å². The Bertz CT molecular complexity index is 918. The van der Waals surface area contributed by atoms with Crippen molar-refractivity contribution in [2.45, 2.75) is 19.4 Å². The van der Waals surface area contributed by atoms with Crippen LogP contribution in [0.4, 0.5) is 0 Å². The van der Waals surface area contributed by atoms with E-state index in [-0.39, 0.29) is 12.6 Å². The molecule has 2 aromatic rings. The van der Waals surface area contributed by atoms with E-state index >= 15 is 0 Å². The van der Waals surface area contributed by atoms with Gasteiger partial charge in [0.25, 0.3) is 10.2 Å². The van der Waals surface area contributed by atoms with E-state index in [1.807, 2.05) is 43.3 Å². The zero-order chi connectivity index (χ0) is 19.6. The Morgan fingerprint density at radius 1 is 1.26 bits per heavy atom. The van der Waals surface area contributed by atoms with Gasteiger partial charge < -0.3 is 4.74 Å². The summed E-state index contributed by atoms with van der Waals surface area (Å²) < 4.78 is 33.4. The van der Waals surface area contributed by atoms with Crippen LogP contribution in [0.25, 0.3) is 0 Å². The van der Waals surface area contributed by atoms with Crippen molar-refractivity contribution in [1.29, 1.82) is 0 Å². The molecule has 2 heterocycles. The van der Waals surface area contributed by atoms with Gasteiger partial charge in [0.2, 0.25) is 0 Å². The fourth-order valence-electron chi connectivity index (χ4n) is 3.16. The van der Waals surface area contributed by atoms with Crippen LogP contribution >= 0.6 is 11.6 Å². The van der Waals surface area contributed by atoms with Crippen LogP contribution in [0, 0.1) is 6.92 Å². The fraction of sp³-hybridized carbons (Fsp3) is 0.421. The summed E-state index contributed by atoms with van der Waals surface area (Å²) in [4.78, 5) is 4.59. The summed E-state index contributed by atoms with van der Waals surface area (Å²) in [5.74, 6) is 0. The van der Waals surface area contributed by atoms with Crippen molar-refractivity contribution in [1.82, 2.24) is 13.6 Å². The molecule has 1 fully saturated rings. The number of halogens is 1. The average molecular weight is 410 g/mol. The van der Waals surface area contributed by atoms with Crippen molar-refractivity contribution in [2.24, 2.45) is 0 Å². The molecule has 1 aromatic carbocycles. The molecule has 6 nitrogen and oxygen atoms in total. The lowest BCUT2D eigenvalue weighted by Crippen LogP contribution is -2.47. The number of benzene rings is 1. The van der Waals surface area contributed by atoms with Crippen LogP contribution in [0.3, 0.4) is 0 Å². The standard InChI is InChI=1S/C19H24ClN3O3S/c1-14-9-16(10-15-5-4-6-17(20)11-15)12-18(21-14)19-13-23(7-8-26-19)27(24,25)22(2)3/h4-6,9,11-12,19H,7-8,10,13H2,1-3H3. The Hall–Kier alpha value is -1.51. The lowest BCUT2D eigenvalue weighted by molar-refractivity contribution is -0.00633. The van der Waals surface area contributed by atoms with Gasteiger partial charge in [-0.05, 0) is 48.7 Å². The summed E-state index contributed by atoms with van der Waals surface area (Å²) in [6, 6.07) is 11.8. The monoisotopic (exact) mass is 409 g/mol. The summed E-state index contributed by atoms with van der Waals surface area (Å²) in [6.07, 6.45) is 0.343. The number of ether oxygens (including phenoxy) is 1. The van der Waals surface area contributed by atoms with Crippen LogP contribution in [0.15, 0.2) is 36.4 Å². The normalized spacial score (nSPS) is 18.8. The Balaban J connectivity index is 1.83. The lowest BCUT2D eigenvalue weighted by Gasteiger charge is -2.33. The molecular formula is C19H24ClN3O3S. The molecule has 0 bridgehead atoms. The molecule has 27 heavy (non-hydrogen) atoms. The van der Waals surface area contributed by atoms with Gasteiger partial charge in [0, 0.05) is 37.9 Å². The SMILES string of the molecule is Cc1cc(Cc2cccc(Cl)c2)cc(C2CN(S(=O)(=O)N(C)C)CCO2)n1. The maximum Gasteiger partial charge on any atom is 0.281 e. The van der Waals surface area contributed by atoms with Gasteiger partial charge in [-0.3, -0.25) is 4.98 Å². The Labute approximate surface area is 165 Å². The number of hydrogen-bond donors (Lipinski definition) is 0. The second-order valence-electron chi connectivity index (χ2n) is 6.86. The van der Waals surface area contributed by atoms with E-state index in [4.69, 9.17) is 16.3 Å². The molecule has 1 aliphatic rings. The molecule has 0 spiro atoms. The first kappa shape index (κ1) is 20.2. The highest BCUT2D eigenvalue weighted by Crippen LogP contribution is 2.25. The first-order chi connectivity index (χ1) is 12.8. The molecule has 146 valence electrons. The molecule has 3 rings (SSSR count). The van der Waals surface area contributed by atoms with Crippen molar-refractivity contribution in [3.63, 3.8) is 0 Å². The topological polar surface area (TPSA) is 62.7 Å². The number of aromatic nitrogens is 1. The highest BCUT2D eigenvalue weighted by Gasteiger charge is 2.32. The van der Waals surface area contributed by atoms with E-state index in [9.17, 15) is 8.42 Å². The second kappa shape index (κ2) is 8.24. The molecule has 0 amide bonds. The van der Waals surface area contributed by atoms with E-state index in [1.54, 1.807) is 0 Å². The maximum absolute atomic E-state index is 12.4. The van der Waals surface area contributed by atoms with Crippen LogP contribution in [0.1, 0.15) is 28.6 Å². The van der Waals surface area contributed by atoms with Gasteiger partial charge in [0.15, 0.2) is 0 Å². The molecule has 1 atom stereocenters. The van der Waals surface area contributed by atoms with E-state index in [2.05, 4.69) is 4.98 Å². The first-order valence-electron chi connectivity index (χ1n) is 8.77.